The number of ether oxygens (including phenoxy) is 21. The number of carbonyl (C=O) groups excluding carboxylic acids is 6. The summed E-state index contributed by atoms with van der Waals surface area (Å²) >= 11 is 0. The predicted octanol–water partition coefficient (Wildman–Crippen LogP) is 8.70. The number of hydrogen-bond acceptors (Lipinski definition) is 31. The van der Waals surface area contributed by atoms with E-state index in [-0.39, 0.29) is 48.3 Å². The molecule has 0 aromatic carbocycles. The summed E-state index contributed by atoms with van der Waals surface area (Å²) in [6.45, 7) is 25.3. The number of aryl methyl sites for hydroxylation is 2. The van der Waals surface area contributed by atoms with Crippen LogP contribution in [-0.4, -0.2) is 373 Å². The highest BCUT2D eigenvalue weighted by Gasteiger charge is 2.11. The molecule has 0 aliphatic rings. The van der Waals surface area contributed by atoms with Crippen LogP contribution in [0.15, 0.2) is 21.7 Å². The summed E-state index contributed by atoms with van der Waals surface area (Å²) in [5, 5.41) is 27.8. The van der Waals surface area contributed by atoms with Gasteiger partial charge in [-0.1, -0.05) is 128 Å². The number of unbranched alkanes of at least 4 members (excludes halogenated alkanes) is 24. The number of aromatic nitrogens is 4. The quantitative estimate of drug-likeness (QED) is 0.0275. The van der Waals surface area contributed by atoms with Crippen molar-refractivity contribution in [1.82, 2.24) is 62.5 Å². The highest BCUT2D eigenvalue weighted by atomic mass is 16.6. The van der Waals surface area contributed by atoms with E-state index in [4.69, 9.17) is 99.5 Å². The highest BCUT2D eigenvalue weighted by Crippen LogP contribution is 2.13. The molecule has 43 heteroatoms. The number of amides is 10. The number of urea groups is 4. The van der Waals surface area contributed by atoms with Crippen molar-refractivity contribution in [2.45, 2.75) is 194 Å². The van der Waals surface area contributed by atoms with Gasteiger partial charge in [0.15, 0.2) is 0 Å². The molecule has 2 aromatic heterocycles. The Morgan fingerprint density at radius 3 is 0.511 bits per heavy atom. The summed E-state index contributed by atoms with van der Waals surface area (Å²) in [6, 6.07) is 1.59. The maximum Gasteiger partial charge on any atom is 0.407 e. The molecule has 2 heterocycles. The standard InChI is InChI=1S/C92H172N14O29/c1-81-79-83(107)103-85(101-81)105-89(111)97-35-27-21-19-25-33-95-87(109)93-31-23-15-11-7-3-5-9-13-17-29-37-99-91(113)134-77-75-132-73-71-130-69-67-128-65-63-126-61-59-124-57-55-122-53-51-120-49-47-118-45-43-116-41-39-115-40-42-117-44-46-119-48-50-121-52-54-123-56-58-125-60-62-127-64-66-129-68-70-131-72-74-133-76-78-135-92(114)100-38-30-18-14-10-6-4-8-12-16-24-32-94-88(110)96-34-26-20-22-28-36-98-90(112)106-86-102-82(2)80-84(108)104-86/h79-80H,3-78H2,1-2H3,(H,99,113)(H,100,114)(H2,93,95,109)(H2,94,96,110)(H3,97,101,103,105,107,111)(H3,98,102,104,106,108,112). The number of aromatic amines is 2. The number of carbonyl (C=O) groups is 6. The molecule has 0 unspecified atom stereocenters. The van der Waals surface area contributed by atoms with Gasteiger partial charge in [0, 0.05) is 75.9 Å². The van der Waals surface area contributed by atoms with Crippen LogP contribution >= 0.6 is 0 Å². The van der Waals surface area contributed by atoms with Crippen LogP contribution < -0.4 is 64.3 Å². The van der Waals surface area contributed by atoms with E-state index in [1.54, 1.807) is 13.8 Å². The second-order valence-corrected chi connectivity index (χ2v) is 31.3. The van der Waals surface area contributed by atoms with Gasteiger partial charge in [-0.25, -0.2) is 38.7 Å². The molecule has 0 spiro atoms. The van der Waals surface area contributed by atoms with Crippen molar-refractivity contribution < 1.29 is 128 Å². The molecule has 43 nitrogen and oxygen atoms in total. The molecular weight excluding hydrogens is 1770 g/mol. The fraction of sp³-hybridized carbons (Fsp3) is 0.848. The van der Waals surface area contributed by atoms with Gasteiger partial charge in [0.1, 0.15) is 13.2 Å². The summed E-state index contributed by atoms with van der Waals surface area (Å²) in [6.07, 6.45) is 28.4. The van der Waals surface area contributed by atoms with Gasteiger partial charge < -0.3 is 142 Å². The molecule has 0 aliphatic heterocycles. The van der Waals surface area contributed by atoms with Crippen molar-refractivity contribution in [1.29, 1.82) is 0 Å². The maximum absolute atomic E-state index is 12.1. The monoisotopic (exact) mass is 1940 g/mol. The van der Waals surface area contributed by atoms with E-state index in [9.17, 15) is 38.4 Å². The van der Waals surface area contributed by atoms with Crippen molar-refractivity contribution in [3.05, 3.63) is 44.2 Å². The third-order valence-corrected chi connectivity index (χ3v) is 19.5. The normalized spacial score (nSPS) is 11.3. The number of rotatable bonds is 102. The van der Waals surface area contributed by atoms with Gasteiger partial charge in [-0.15, -0.1) is 0 Å². The second-order valence-electron chi connectivity index (χ2n) is 31.3. The highest BCUT2D eigenvalue weighted by molar-refractivity contribution is 5.87. The Hall–Kier alpha value is -7.38. The predicted molar refractivity (Wildman–Crippen MR) is 510 cm³/mol. The molecule has 0 fully saturated rings. The number of H-pyrrole nitrogens is 2. The van der Waals surface area contributed by atoms with E-state index >= 15 is 0 Å². The summed E-state index contributed by atoms with van der Waals surface area (Å²) in [5.41, 5.74) is 0.397. The van der Waals surface area contributed by atoms with Crippen molar-refractivity contribution in [2.24, 2.45) is 0 Å². The first-order chi connectivity index (χ1) is 66.4. The van der Waals surface area contributed by atoms with Crippen LogP contribution in [0, 0.1) is 13.8 Å². The molecule has 784 valence electrons. The van der Waals surface area contributed by atoms with Gasteiger partial charge in [-0.2, -0.15) is 0 Å². The molecule has 10 amide bonds. The lowest BCUT2D eigenvalue weighted by Crippen LogP contribution is -2.36. The van der Waals surface area contributed by atoms with E-state index in [2.05, 4.69) is 73.1 Å². The molecule has 2 aromatic rings. The summed E-state index contributed by atoms with van der Waals surface area (Å²) in [4.78, 5) is 108. The minimum Gasteiger partial charge on any atom is -0.447 e. The second kappa shape index (κ2) is 99.6. The number of anilines is 2. The first-order valence-corrected chi connectivity index (χ1v) is 49.5. The number of nitrogens with zero attached hydrogens (tertiary/aromatic N) is 2. The minimum atomic E-state index is -0.433. The fourth-order valence-electron chi connectivity index (χ4n) is 12.4. The lowest BCUT2D eigenvalue weighted by molar-refractivity contribution is -0.0314. The molecular formula is C92H172N14O29. The van der Waals surface area contributed by atoms with Gasteiger partial charge in [0.25, 0.3) is 11.1 Å². The first kappa shape index (κ1) is 124. The molecule has 0 bridgehead atoms. The zero-order chi connectivity index (χ0) is 96.8. The molecule has 0 atom stereocenters. The zero-order valence-electron chi connectivity index (χ0n) is 81.6. The van der Waals surface area contributed by atoms with Gasteiger partial charge in [0.2, 0.25) is 11.9 Å². The van der Waals surface area contributed by atoms with Crippen LogP contribution in [0.25, 0.3) is 0 Å². The Labute approximate surface area is 800 Å². The van der Waals surface area contributed by atoms with E-state index in [0.717, 1.165) is 128 Å². The van der Waals surface area contributed by atoms with E-state index in [0.29, 0.717) is 315 Å². The number of hydrogen-bond donors (Lipinski definition) is 12. The number of nitrogens with one attached hydrogen (secondary N) is 12. The van der Waals surface area contributed by atoms with E-state index < -0.39 is 24.2 Å². The zero-order valence-corrected chi connectivity index (χ0v) is 81.6. The molecule has 2 rings (SSSR count). The third kappa shape index (κ3) is 94.0. The van der Waals surface area contributed by atoms with Crippen LogP contribution in [0.4, 0.5) is 40.7 Å². The van der Waals surface area contributed by atoms with Gasteiger partial charge >= 0.3 is 36.3 Å². The van der Waals surface area contributed by atoms with Crippen LogP contribution in [0.5, 0.6) is 0 Å². The van der Waals surface area contributed by atoms with Crippen LogP contribution in [0.2, 0.25) is 0 Å². The summed E-state index contributed by atoms with van der Waals surface area (Å²) in [7, 11) is 0. The average molecular weight is 1940 g/mol. The molecule has 135 heavy (non-hydrogen) atoms. The van der Waals surface area contributed by atoms with E-state index in [1.807, 2.05) is 0 Å². The van der Waals surface area contributed by atoms with Crippen molar-refractivity contribution in [3.8, 4) is 0 Å². The lowest BCUT2D eigenvalue weighted by Gasteiger charge is -2.09. The lowest BCUT2D eigenvalue weighted by atomic mass is 10.1. The summed E-state index contributed by atoms with van der Waals surface area (Å²) in [5.74, 6) is 0.232. The Balaban J connectivity index is 1.11. The Morgan fingerprint density at radius 2 is 0.348 bits per heavy atom. The Bertz CT molecular complexity index is 2950. The van der Waals surface area contributed by atoms with Crippen LogP contribution in [0.3, 0.4) is 0 Å². The van der Waals surface area contributed by atoms with Gasteiger partial charge in [-0.3, -0.25) is 30.2 Å². The molecule has 0 saturated heterocycles. The SMILES string of the molecule is Cc1cc(=O)[nH]c(NC(=O)NCCCCCCNC(=O)NCCCCCCCCCCCCNC(=O)OCCOCCOCCOCCOCCOCCOCCOCCOCCOCCOCCOCCOCCOCCOCCOCCOCCOCCOCCOCCOC(=O)NCCCCCCCCCCCCNC(=O)NCCCCCCNC(=O)Nc2nc(C)cc(=O)[nH]2)n1. The minimum absolute atomic E-state index is 0.116. The molecule has 0 aliphatic carbocycles. The van der Waals surface area contributed by atoms with Gasteiger partial charge in [0.05, 0.1) is 251 Å². The molecule has 0 radical (unpaired) electrons. The third-order valence-electron chi connectivity index (χ3n) is 19.5. The largest absolute Gasteiger partial charge is 0.447 e. The molecule has 0 saturated carbocycles. The Kier molecular flexibility index (Phi) is 91.3. The van der Waals surface area contributed by atoms with Crippen molar-refractivity contribution in [2.75, 3.05) is 327 Å². The van der Waals surface area contributed by atoms with Crippen molar-refractivity contribution in [3.63, 3.8) is 0 Å². The van der Waals surface area contributed by atoms with E-state index in [1.165, 1.54) is 63.5 Å². The fourth-order valence-corrected chi connectivity index (χ4v) is 12.4. The maximum atomic E-state index is 12.1. The van der Waals surface area contributed by atoms with Gasteiger partial charge in [-0.05, 0) is 65.2 Å². The Morgan fingerprint density at radius 1 is 0.207 bits per heavy atom. The number of alkyl carbamates (subject to hydrolysis) is 2. The summed E-state index contributed by atoms with van der Waals surface area (Å²) < 4.78 is 116. The average Bonchev–Trinajstić information content (AvgIpc) is 0.889. The molecule has 12 N–H and O–H groups in total. The first-order valence-electron chi connectivity index (χ1n) is 49.5. The van der Waals surface area contributed by atoms with Crippen LogP contribution in [-0.2, 0) is 99.5 Å². The van der Waals surface area contributed by atoms with Crippen molar-refractivity contribution >= 4 is 48.2 Å². The topological polar surface area (TPSA) is 508 Å². The smallest absolute Gasteiger partial charge is 0.407 e. The van der Waals surface area contributed by atoms with Crippen LogP contribution in [0.1, 0.15) is 191 Å².